The summed E-state index contributed by atoms with van der Waals surface area (Å²) < 4.78 is 5.69. The summed E-state index contributed by atoms with van der Waals surface area (Å²) in [6.45, 7) is 5.46. The molecule has 0 radical (unpaired) electrons. The van der Waals surface area contributed by atoms with Crippen molar-refractivity contribution in [3.05, 3.63) is 53.9 Å². The van der Waals surface area contributed by atoms with Crippen molar-refractivity contribution in [3.63, 3.8) is 0 Å². The van der Waals surface area contributed by atoms with Crippen LogP contribution in [0, 0.1) is 6.92 Å². The quantitative estimate of drug-likeness (QED) is 0.746. The van der Waals surface area contributed by atoms with Crippen molar-refractivity contribution < 1.29 is 4.74 Å². The molecule has 0 aliphatic rings. The lowest BCUT2D eigenvalue weighted by molar-refractivity contribution is 0.341. The Kier molecular flexibility index (Phi) is 3.77. The number of nitrogens with one attached hydrogen (secondary N) is 2. The number of anilines is 1. The molecule has 0 aliphatic heterocycles. The second-order valence-corrected chi connectivity index (χ2v) is 5.00. The number of aromatic nitrogens is 2. The summed E-state index contributed by atoms with van der Waals surface area (Å²) in [6.07, 6.45) is 3.79. The fourth-order valence-corrected chi connectivity index (χ4v) is 2.40. The Morgan fingerprint density at radius 2 is 2.19 bits per heavy atom. The lowest BCUT2D eigenvalue weighted by atomic mass is 10.2. The van der Waals surface area contributed by atoms with Crippen molar-refractivity contribution in [2.24, 2.45) is 0 Å². The van der Waals surface area contributed by atoms with Crippen molar-refractivity contribution in [1.29, 1.82) is 0 Å². The van der Waals surface area contributed by atoms with Gasteiger partial charge in [-0.3, -0.25) is 0 Å². The standard InChI is InChI=1S/C17H19N3O/c1-3-21-16-9-12(2)6-7-15(16)19-10-13-11-20-17-14(13)5-4-8-18-17/h4-9,11,19H,3,10H2,1-2H3,(H,18,20). The maximum Gasteiger partial charge on any atom is 0.142 e. The highest BCUT2D eigenvalue weighted by Gasteiger charge is 2.06. The summed E-state index contributed by atoms with van der Waals surface area (Å²) in [5.41, 5.74) is 4.32. The van der Waals surface area contributed by atoms with Gasteiger partial charge in [0.1, 0.15) is 11.4 Å². The number of aryl methyl sites for hydroxylation is 1. The molecule has 0 saturated heterocycles. The molecule has 2 aromatic heterocycles. The highest BCUT2D eigenvalue weighted by atomic mass is 16.5. The Labute approximate surface area is 124 Å². The van der Waals surface area contributed by atoms with Gasteiger partial charge in [-0.05, 0) is 49.2 Å². The second-order valence-electron chi connectivity index (χ2n) is 5.00. The zero-order chi connectivity index (χ0) is 14.7. The first-order chi connectivity index (χ1) is 10.3. The maximum atomic E-state index is 5.69. The van der Waals surface area contributed by atoms with E-state index >= 15 is 0 Å². The number of benzene rings is 1. The molecule has 0 saturated carbocycles. The van der Waals surface area contributed by atoms with Crippen LogP contribution >= 0.6 is 0 Å². The Hall–Kier alpha value is -2.49. The molecule has 0 atom stereocenters. The maximum absolute atomic E-state index is 5.69. The topological polar surface area (TPSA) is 49.9 Å². The third-order valence-corrected chi connectivity index (χ3v) is 3.44. The molecule has 108 valence electrons. The van der Waals surface area contributed by atoms with Crippen molar-refractivity contribution in [2.75, 3.05) is 11.9 Å². The van der Waals surface area contributed by atoms with Gasteiger partial charge in [0.05, 0.1) is 12.3 Å². The first kappa shape index (κ1) is 13.5. The van der Waals surface area contributed by atoms with E-state index in [2.05, 4.69) is 46.5 Å². The van der Waals surface area contributed by atoms with Crippen LogP contribution in [0.2, 0.25) is 0 Å². The molecule has 0 fully saturated rings. The largest absolute Gasteiger partial charge is 0.492 e. The molecular formula is C17H19N3O. The summed E-state index contributed by atoms with van der Waals surface area (Å²) in [6, 6.07) is 10.2. The Morgan fingerprint density at radius 1 is 1.29 bits per heavy atom. The van der Waals surface area contributed by atoms with E-state index in [0.29, 0.717) is 6.61 Å². The van der Waals surface area contributed by atoms with Crippen molar-refractivity contribution in [3.8, 4) is 5.75 Å². The predicted molar refractivity (Wildman–Crippen MR) is 85.8 cm³/mol. The number of aromatic amines is 1. The Bertz CT molecular complexity index is 749. The lowest BCUT2D eigenvalue weighted by Crippen LogP contribution is -2.02. The summed E-state index contributed by atoms with van der Waals surface area (Å²) in [4.78, 5) is 7.50. The van der Waals surface area contributed by atoms with Gasteiger partial charge in [0, 0.05) is 24.3 Å². The lowest BCUT2D eigenvalue weighted by Gasteiger charge is -2.13. The van der Waals surface area contributed by atoms with Gasteiger partial charge in [-0.25, -0.2) is 4.98 Å². The predicted octanol–water partition coefficient (Wildman–Crippen LogP) is 3.88. The summed E-state index contributed by atoms with van der Waals surface area (Å²) in [5.74, 6) is 0.899. The molecule has 2 heterocycles. The van der Waals surface area contributed by atoms with E-state index in [4.69, 9.17) is 4.74 Å². The minimum atomic E-state index is 0.662. The van der Waals surface area contributed by atoms with Crippen LogP contribution in [0.15, 0.2) is 42.7 Å². The third kappa shape index (κ3) is 2.84. The summed E-state index contributed by atoms with van der Waals surface area (Å²) in [7, 11) is 0. The van der Waals surface area contributed by atoms with Crippen molar-refractivity contribution >= 4 is 16.7 Å². The molecule has 0 amide bonds. The number of nitrogens with zero attached hydrogens (tertiary/aromatic N) is 1. The van der Waals surface area contributed by atoms with Crippen molar-refractivity contribution in [2.45, 2.75) is 20.4 Å². The van der Waals surface area contributed by atoms with E-state index in [9.17, 15) is 0 Å². The monoisotopic (exact) mass is 281 g/mol. The van der Waals surface area contributed by atoms with Crippen molar-refractivity contribution in [1.82, 2.24) is 9.97 Å². The molecule has 4 heteroatoms. The van der Waals surface area contributed by atoms with Crippen LogP contribution < -0.4 is 10.1 Å². The number of fused-ring (bicyclic) bond motifs is 1. The highest BCUT2D eigenvalue weighted by Crippen LogP contribution is 2.27. The number of hydrogen-bond donors (Lipinski definition) is 2. The molecule has 0 spiro atoms. The minimum Gasteiger partial charge on any atom is -0.492 e. The van der Waals surface area contributed by atoms with Crippen LogP contribution in [-0.2, 0) is 6.54 Å². The molecule has 0 unspecified atom stereocenters. The van der Waals surface area contributed by atoms with Gasteiger partial charge in [0.15, 0.2) is 0 Å². The zero-order valence-corrected chi connectivity index (χ0v) is 12.3. The van der Waals surface area contributed by atoms with E-state index in [-0.39, 0.29) is 0 Å². The molecule has 0 bridgehead atoms. The van der Waals surface area contributed by atoms with Crippen LogP contribution in [-0.4, -0.2) is 16.6 Å². The van der Waals surface area contributed by atoms with Crippen LogP contribution in [0.3, 0.4) is 0 Å². The van der Waals surface area contributed by atoms with Crippen LogP contribution in [0.1, 0.15) is 18.1 Å². The van der Waals surface area contributed by atoms with E-state index in [1.807, 2.05) is 19.2 Å². The summed E-state index contributed by atoms with van der Waals surface area (Å²) >= 11 is 0. The van der Waals surface area contributed by atoms with Gasteiger partial charge in [-0.2, -0.15) is 0 Å². The van der Waals surface area contributed by atoms with Gasteiger partial charge >= 0.3 is 0 Å². The van der Waals surface area contributed by atoms with E-state index in [1.165, 1.54) is 11.1 Å². The molecule has 3 aromatic rings. The number of hydrogen-bond acceptors (Lipinski definition) is 3. The number of rotatable bonds is 5. The number of ether oxygens (including phenoxy) is 1. The Morgan fingerprint density at radius 3 is 3.05 bits per heavy atom. The fourth-order valence-electron chi connectivity index (χ4n) is 2.40. The molecular weight excluding hydrogens is 262 g/mol. The van der Waals surface area contributed by atoms with Gasteiger partial charge in [-0.1, -0.05) is 6.07 Å². The molecule has 2 N–H and O–H groups in total. The minimum absolute atomic E-state index is 0.662. The van der Waals surface area contributed by atoms with Gasteiger partial charge in [0.2, 0.25) is 0 Å². The molecule has 1 aromatic carbocycles. The first-order valence-corrected chi connectivity index (χ1v) is 7.16. The van der Waals surface area contributed by atoms with E-state index in [1.54, 1.807) is 6.20 Å². The SMILES string of the molecule is CCOc1cc(C)ccc1NCc1c[nH]c2ncccc12. The first-order valence-electron chi connectivity index (χ1n) is 7.16. The van der Waals surface area contributed by atoms with E-state index < -0.39 is 0 Å². The number of H-pyrrole nitrogens is 1. The molecule has 4 nitrogen and oxygen atoms in total. The zero-order valence-electron chi connectivity index (χ0n) is 12.3. The van der Waals surface area contributed by atoms with Crippen LogP contribution in [0.5, 0.6) is 5.75 Å². The fraction of sp³-hybridized carbons (Fsp3) is 0.235. The smallest absolute Gasteiger partial charge is 0.142 e. The van der Waals surface area contributed by atoms with Gasteiger partial charge in [0.25, 0.3) is 0 Å². The molecule has 0 aliphatic carbocycles. The third-order valence-electron chi connectivity index (χ3n) is 3.44. The normalized spacial score (nSPS) is 10.8. The van der Waals surface area contributed by atoms with E-state index in [0.717, 1.165) is 29.0 Å². The average molecular weight is 281 g/mol. The highest BCUT2D eigenvalue weighted by molar-refractivity contribution is 5.79. The number of pyridine rings is 1. The average Bonchev–Trinajstić information content (AvgIpc) is 2.90. The second kappa shape index (κ2) is 5.87. The Balaban J connectivity index is 1.81. The van der Waals surface area contributed by atoms with Gasteiger partial charge in [-0.15, -0.1) is 0 Å². The van der Waals surface area contributed by atoms with Gasteiger partial charge < -0.3 is 15.0 Å². The van der Waals surface area contributed by atoms with Crippen LogP contribution in [0.25, 0.3) is 11.0 Å². The molecule has 3 rings (SSSR count). The summed E-state index contributed by atoms with van der Waals surface area (Å²) in [5, 5.41) is 4.60. The van der Waals surface area contributed by atoms with Crippen LogP contribution in [0.4, 0.5) is 5.69 Å². The molecule has 21 heavy (non-hydrogen) atoms.